The summed E-state index contributed by atoms with van der Waals surface area (Å²) in [6, 6.07) is 7.04. The molecule has 5 heteroatoms. The lowest BCUT2D eigenvalue weighted by atomic mass is 10.3. The normalized spacial score (nSPS) is 10.7. The first-order valence-corrected chi connectivity index (χ1v) is 6.61. The first-order valence-electron chi connectivity index (χ1n) is 5.82. The molecule has 0 saturated carbocycles. The van der Waals surface area contributed by atoms with E-state index in [1.807, 2.05) is 23.7 Å². The Morgan fingerprint density at radius 3 is 2.83 bits per heavy atom. The van der Waals surface area contributed by atoms with Crippen LogP contribution in [0.3, 0.4) is 0 Å². The standard InChI is InChI=1S/C13H15BrFN3/c1-3-18-11(6-9(2)17-18)8-16-10-4-5-12(14)13(15)7-10/h4-7,16H,3,8H2,1-2H3. The number of anilines is 1. The molecule has 0 atom stereocenters. The van der Waals surface area contributed by atoms with Crippen molar-refractivity contribution in [3.05, 3.63) is 45.9 Å². The van der Waals surface area contributed by atoms with Crippen LogP contribution in [0.2, 0.25) is 0 Å². The predicted molar refractivity (Wildman–Crippen MR) is 74.1 cm³/mol. The van der Waals surface area contributed by atoms with Crippen LogP contribution in [0.4, 0.5) is 10.1 Å². The van der Waals surface area contributed by atoms with Gasteiger partial charge < -0.3 is 5.32 Å². The van der Waals surface area contributed by atoms with Crippen LogP contribution in [0.5, 0.6) is 0 Å². The fourth-order valence-electron chi connectivity index (χ4n) is 1.81. The molecule has 0 radical (unpaired) electrons. The van der Waals surface area contributed by atoms with Crippen LogP contribution < -0.4 is 5.32 Å². The fourth-order valence-corrected chi connectivity index (χ4v) is 2.06. The summed E-state index contributed by atoms with van der Waals surface area (Å²) in [5.41, 5.74) is 2.85. The zero-order valence-corrected chi connectivity index (χ0v) is 12.0. The second kappa shape index (κ2) is 5.52. The Balaban J connectivity index is 2.08. The van der Waals surface area contributed by atoms with Crippen molar-refractivity contribution in [2.45, 2.75) is 26.9 Å². The molecule has 0 bridgehead atoms. The molecule has 0 fully saturated rings. The molecule has 0 amide bonds. The Bertz CT molecular complexity index is 551. The molecule has 0 aliphatic heterocycles. The van der Waals surface area contributed by atoms with Crippen LogP contribution in [0.15, 0.2) is 28.7 Å². The van der Waals surface area contributed by atoms with Crippen LogP contribution in [0.25, 0.3) is 0 Å². The Hall–Kier alpha value is -1.36. The molecule has 0 aliphatic rings. The summed E-state index contributed by atoms with van der Waals surface area (Å²) in [7, 11) is 0. The lowest BCUT2D eigenvalue weighted by Crippen LogP contribution is -2.07. The first kappa shape index (κ1) is 13.1. The van der Waals surface area contributed by atoms with Crippen molar-refractivity contribution in [2.24, 2.45) is 0 Å². The number of hydrogen-bond donors (Lipinski definition) is 1. The highest BCUT2D eigenvalue weighted by Gasteiger charge is 2.05. The van der Waals surface area contributed by atoms with Gasteiger partial charge in [-0.15, -0.1) is 0 Å². The van der Waals surface area contributed by atoms with Crippen molar-refractivity contribution in [3.63, 3.8) is 0 Å². The van der Waals surface area contributed by atoms with Gasteiger partial charge in [-0.05, 0) is 54.0 Å². The minimum absolute atomic E-state index is 0.264. The predicted octanol–water partition coefficient (Wildman–Crippen LogP) is 3.73. The SMILES string of the molecule is CCn1nc(C)cc1CNc1ccc(Br)c(F)c1. The van der Waals surface area contributed by atoms with Crippen molar-refractivity contribution in [1.29, 1.82) is 0 Å². The molecule has 1 N–H and O–H groups in total. The van der Waals surface area contributed by atoms with E-state index >= 15 is 0 Å². The number of benzene rings is 1. The first-order chi connectivity index (χ1) is 8.60. The molecule has 96 valence electrons. The van der Waals surface area contributed by atoms with Crippen molar-refractivity contribution >= 4 is 21.6 Å². The third kappa shape index (κ3) is 2.90. The number of nitrogens with one attached hydrogen (secondary N) is 1. The highest BCUT2D eigenvalue weighted by molar-refractivity contribution is 9.10. The summed E-state index contributed by atoms with van der Waals surface area (Å²) in [5.74, 6) is -0.264. The van der Waals surface area contributed by atoms with E-state index in [0.29, 0.717) is 11.0 Å². The topological polar surface area (TPSA) is 29.9 Å². The molecule has 0 unspecified atom stereocenters. The van der Waals surface area contributed by atoms with Crippen LogP contribution in [0, 0.1) is 12.7 Å². The molecule has 18 heavy (non-hydrogen) atoms. The Morgan fingerprint density at radius 2 is 2.17 bits per heavy atom. The van der Waals surface area contributed by atoms with E-state index in [9.17, 15) is 4.39 Å². The van der Waals surface area contributed by atoms with E-state index in [-0.39, 0.29) is 5.82 Å². The average Bonchev–Trinajstić information content (AvgIpc) is 2.71. The van der Waals surface area contributed by atoms with E-state index in [1.165, 1.54) is 6.07 Å². The van der Waals surface area contributed by atoms with Gasteiger partial charge >= 0.3 is 0 Å². The summed E-state index contributed by atoms with van der Waals surface area (Å²) < 4.78 is 15.8. The molecule has 1 aromatic heterocycles. The summed E-state index contributed by atoms with van der Waals surface area (Å²) in [4.78, 5) is 0. The van der Waals surface area contributed by atoms with Crippen LogP contribution in [-0.4, -0.2) is 9.78 Å². The van der Waals surface area contributed by atoms with Crippen molar-refractivity contribution in [1.82, 2.24) is 9.78 Å². The molecule has 0 aliphatic carbocycles. The summed E-state index contributed by atoms with van der Waals surface area (Å²) in [5, 5.41) is 7.56. The smallest absolute Gasteiger partial charge is 0.139 e. The van der Waals surface area contributed by atoms with Gasteiger partial charge in [-0.25, -0.2) is 4.39 Å². The second-order valence-corrected chi connectivity index (χ2v) is 4.93. The molecule has 1 aromatic carbocycles. The van der Waals surface area contributed by atoms with Gasteiger partial charge in [0.2, 0.25) is 0 Å². The van der Waals surface area contributed by atoms with Crippen LogP contribution in [-0.2, 0) is 13.1 Å². The van der Waals surface area contributed by atoms with Gasteiger partial charge in [0.1, 0.15) is 5.82 Å². The van der Waals surface area contributed by atoms with Gasteiger partial charge in [0.05, 0.1) is 22.4 Å². The monoisotopic (exact) mass is 311 g/mol. The van der Waals surface area contributed by atoms with E-state index < -0.39 is 0 Å². The fraction of sp³-hybridized carbons (Fsp3) is 0.308. The van der Waals surface area contributed by atoms with Gasteiger partial charge in [0.25, 0.3) is 0 Å². The van der Waals surface area contributed by atoms with Crippen molar-refractivity contribution in [3.8, 4) is 0 Å². The molecule has 3 nitrogen and oxygen atoms in total. The highest BCUT2D eigenvalue weighted by atomic mass is 79.9. The maximum atomic E-state index is 13.4. The molecule has 0 saturated heterocycles. The van der Waals surface area contributed by atoms with Crippen LogP contribution in [0.1, 0.15) is 18.3 Å². The largest absolute Gasteiger partial charge is 0.379 e. The van der Waals surface area contributed by atoms with E-state index in [0.717, 1.165) is 23.6 Å². The van der Waals surface area contributed by atoms with Crippen molar-refractivity contribution in [2.75, 3.05) is 5.32 Å². The number of aromatic nitrogens is 2. The molecule has 0 spiro atoms. The number of nitrogens with zero attached hydrogens (tertiary/aromatic N) is 2. The molecule has 1 heterocycles. The van der Waals surface area contributed by atoms with Crippen LogP contribution >= 0.6 is 15.9 Å². The maximum absolute atomic E-state index is 13.4. The number of rotatable bonds is 4. The number of aryl methyl sites for hydroxylation is 2. The quantitative estimate of drug-likeness (QED) is 0.932. The summed E-state index contributed by atoms with van der Waals surface area (Å²) in [6.45, 7) is 5.49. The average molecular weight is 312 g/mol. The van der Waals surface area contributed by atoms with E-state index in [4.69, 9.17) is 0 Å². The number of hydrogen-bond acceptors (Lipinski definition) is 2. The Morgan fingerprint density at radius 1 is 1.39 bits per heavy atom. The minimum Gasteiger partial charge on any atom is -0.379 e. The molecular weight excluding hydrogens is 297 g/mol. The third-order valence-electron chi connectivity index (χ3n) is 2.68. The van der Waals surface area contributed by atoms with Gasteiger partial charge in [-0.3, -0.25) is 4.68 Å². The molecule has 2 aromatic rings. The second-order valence-electron chi connectivity index (χ2n) is 4.08. The lowest BCUT2D eigenvalue weighted by molar-refractivity contribution is 0.618. The zero-order chi connectivity index (χ0) is 13.1. The van der Waals surface area contributed by atoms with E-state index in [2.05, 4.69) is 33.3 Å². The lowest BCUT2D eigenvalue weighted by Gasteiger charge is -2.08. The summed E-state index contributed by atoms with van der Waals surface area (Å²) in [6.07, 6.45) is 0. The van der Waals surface area contributed by atoms with Gasteiger partial charge in [0.15, 0.2) is 0 Å². The highest BCUT2D eigenvalue weighted by Crippen LogP contribution is 2.19. The van der Waals surface area contributed by atoms with Crippen molar-refractivity contribution < 1.29 is 4.39 Å². The zero-order valence-electron chi connectivity index (χ0n) is 10.4. The third-order valence-corrected chi connectivity index (χ3v) is 3.32. The van der Waals surface area contributed by atoms with Gasteiger partial charge in [0, 0.05) is 12.2 Å². The maximum Gasteiger partial charge on any atom is 0.139 e. The molecular formula is C13H15BrFN3. The Labute approximate surface area is 114 Å². The number of halogens is 2. The Kier molecular flexibility index (Phi) is 4.01. The van der Waals surface area contributed by atoms with Gasteiger partial charge in [-0.1, -0.05) is 0 Å². The van der Waals surface area contributed by atoms with E-state index in [1.54, 1.807) is 6.07 Å². The minimum atomic E-state index is -0.264. The summed E-state index contributed by atoms with van der Waals surface area (Å²) >= 11 is 3.13. The molecule has 2 rings (SSSR count). The van der Waals surface area contributed by atoms with Gasteiger partial charge in [-0.2, -0.15) is 5.10 Å².